The molecule has 0 aliphatic carbocycles. The van der Waals surface area contributed by atoms with Crippen molar-refractivity contribution >= 4 is 46.6 Å². The number of anilines is 2. The molecule has 0 heterocycles. The van der Waals surface area contributed by atoms with E-state index in [0.717, 1.165) is 16.8 Å². The maximum absolute atomic E-state index is 12.3. The van der Waals surface area contributed by atoms with Crippen molar-refractivity contribution in [1.29, 1.82) is 0 Å². The summed E-state index contributed by atoms with van der Waals surface area (Å²) in [6.07, 6.45) is 0. The van der Waals surface area contributed by atoms with E-state index < -0.39 is 0 Å². The van der Waals surface area contributed by atoms with Gasteiger partial charge in [-0.2, -0.15) is 0 Å². The Kier molecular flexibility index (Phi) is 7.12. The minimum absolute atomic E-state index is 0.128. The predicted molar refractivity (Wildman–Crippen MR) is 111 cm³/mol. The van der Waals surface area contributed by atoms with Crippen LogP contribution in [-0.2, 0) is 9.59 Å². The molecule has 0 saturated carbocycles. The molecule has 6 heteroatoms. The number of carbonyl (C=O) groups excluding carboxylic acids is 2. The molecule has 1 atom stereocenters. The van der Waals surface area contributed by atoms with Crippen molar-refractivity contribution in [3.63, 3.8) is 0 Å². The molecule has 2 aromatic carbocycles. The highest BCUT2D eigenvalue weighted by atomic mass is 35.5. The lowest BCUT2D eigenvalue weighted by atomic mass is 10.1. The van der Waals surface area contributed by atoms with Gasteiger partial charge in [0, 0.05) is 16.4 Å². The first-order chi connectivity index (χ1) is 12.3. The standard InChI is InChI=1S/C20H23ClN2O2S/c1-12-6-8-17(9-14(12)3)22-19(24)11-26-15(4)20(25)23-18-10-16(21)7-5-13(18)2/h5-10,15H,11H2,1-4H3,(H,22,24)(H,23,25). The molecule has 0 spiro atoms. The number of hydrogen-bond acceptors (Lipinski definition) is 3. The Morgan fingerprint density at radius 3 is 2.38 bits per heavy atom. The molecule has 0 saturated heterocycles. The number of nitrogens with one attached hydrogen (secondary N) is 2. The molecule has 2 aromatic rings. The molecule has 138 valence electrons. The molecule has 0 radical (unpaired) electrons. The van der Waals surface area contributed by atoms with Gasteiger partial charge >= 0.3 is 0 Å². The molecule has 26 heavy (non-hydrogen) atoms. The van der Waals surface area contributed by atoms with Gasteiger partial charge in [-0.05, 0) is 68.7 Å². The van der Waals surface area contributed by atoms with E-state index in [-0.39, 0.29) is 22.8 Å². The van der Waals surface area contributed by atoms with Gasteiger partial charge in [0.2, 0.25) is 11.8 Å². The fraction of sp³-hybridized carbons (Fsp3) is 0.300. The second-order valence-electron chi connectivity index (χ2n) is 6.25. The number of hydrogen-bond donors (Lipinski definition) is 2. The Labute approximate surface area is 163 Å². The van der Waals surface area contributed by atoms with Crippen molar-refractivity contribution in [3.8, 4) is 0 Å². The van der Waals surface area contributed by atoms with Crippen LogP contribution in [0.25, 0.3) is 0 Å². The third-order valence-corrected chi connectivity index (χ3v) is 5.46. The molecule has 4 nitrogen and oxygen atoms in total. The van der Waals surface area contributed by atoms with E-state index in [1.54, 1.807) is 19.1 Å². The van der Waals surface area contributed by atoms with Crippen LogP contribution in [0, 0.1) is 20.8 Å². The van der Waals surface area contributed by atoms with Gasteiger partial charge in [-0.3, -0.25) is 9.59 Å². The van der Waals surface area contributed by atoms with Crippen LogP contribution in [0.3, 0.4) is 0 Å². The predicted octanol–water partition coefficient (Wildman–Crippen LogP) is 4.96. The van der Waals surface area contributed by atoms with Gasteiger partial charge < -0.3 is 10.6 Å². The van der Waals surface area contributed by atoms with Crippen LogP contribution in [0.5, 0.6) is 0 Å². The Morgan fingerprint density at radius 2 is 1.69 bits per heavy atom. The summed E-state index contributed by atoms with van der Waals surface area (Å²) < 4.78 is 0. The van der Waals surface area contributed by atoms with E-state index in [1.807, 2.05) is 45.0 Å². The molecule has 0 aliphatic rings. The number of thioether (sulfide) groups is 1. The monoisotopic (exact) mass is 390 g/mol. The molecule has 0 fully saturated rings. The van der Waals surface area contributed by atoms with Gasteiger partial charge in [0.1, 0.15) is 0 Å². The normalized spacial score (nSPS) is 11.7. The third kappa shape index (κ3) is 5.78. The average molecular weight is 391 g/mol. The zero-order valence-corrected chi connectivity index (χ0v) is 16.9. The quantitative estimate of drug-likeness (QED) is 0.732. The summed E-state index contributed by atoms with van der Waals surface area (Å²) in [6.45, 7) is 7.71. The lowest BCUT2D eigenvalue weighted by Crippen LogP contribution is -2.25. The summed E-state index contributed by atoms with van der Waals surface area (Å²) in [5.41, 5.74) is 4.70. The van der Waals surface area contributed by atoms with Crippen LogP contribution in [0.1, 0.15) is 23.6 Å². The van der Waals surface area contributed by atoms with Crippen molar-refractivity contribution in [2.45, 2.75) is 32.9 Å². The van der Waals surface area contributed by atoms with Gasteiger partial charge in [0.05, 0.1) is 11.0 Å². The first-order valence-corrected chi connectivity index (χ1v) is 9.74. The fourth-order valence-electron chi connectivity index (χ4n) is 2.26. The van der Waals surface area contributed by atoms with Gasteiger partial charge in [0.25, 0.3) is 0 Å². The van der Waals surface area contributed by atoms with Crippen LogP contribution >= 0.6 is 23.4 Å². The minimum Gasteiger partial charge on any atom is -0.325 e. The second kappa shape index (κ2) is 9.10. The Hall–Kier alpha value is -1.98. The van der Waals surface area contributed by atoms with Gasteiger partial charge in [0.15, 0.2) is 0 Å². The summed E-state index contributed by atoms with van der Waals surface area (Å²) in [4.78, 5) is 24.4. The van der Waals surface area contributed by atoms with E-state index in [9.17, 15) is 9.59 Å². The number of rotatable bonds is 6. The average Bonchev–Trinajstić information content (AvgIpc) is 2.59. The van der Waals surface area contributed by atoms with Crippen LogP contribution in [0.15, 0.2) is 36.4 Å². The van der Waals surface area contributed by atoms with Crippen molar-refractivity contribution in [3.05, 3.63) is 58.1 Å². The van der Waals surface area contributed by atoms with Crippen molar-refractivity contribution in [1.82, 2.24) is 0 Å². The summed E-state index contributed by atoms with van der Waals surface area (Å²) in [6, 6.07) is 11.1. The van der Waals surface area contributed by atoms with E-state index >= 15 is 0 Å². The summed E-state index contributed by atoms with van der Waals surface area (Å²) in [7, 11) is 0. The lowest BCUT2D eigenvalue weighted by Gasteiger charge is -2.14. The Balaban J connectivity index is 1.85. The van der Waals surface area contributed by atoms with E-state index in [0.29, 0.717) is 10.7 Å². The highest BCUT2D eigenvalue weighted by Gasteiger charge is 2.16. The maximum atomic E-state index is 12.3. The number of halogens is 1. The molecule has 1 unspecified atom stereocenters. The molecule has 2 rings (SSSR count). The van der Waals surface area contributed by atoms with Gasteiger partial charge in [-0.1, -0.05) is 23.7 Å². The highest BCUT2D eigenvalue weighted by molar-refractivity contribution is 8.01. The molecular formula is C20H23ClN2O2S. The summed E-state index contributed by atoms with van der Waals surface area (Å²) in [5.74, 6) is -0.0769. The van der Waals surface area contributed by atoms with Gasteiger partial charge in [-0.15, -0.1) is 11.8 Å². The first-order valence-electron chi connectivity index (χ1n) is 8.32. The highest BCUT2D eigenvalue weighted by Crippen LogP contribution is 2.22. The lowest BCUT2D eigenvalue weighted by molar-refractivity contribution is -0.115. The largest absolute Gasteiger partial charge is 0.325 e. The number of aryl methyl sites for hydroxylation is 3. The molecule has 0 bridgehead atoms. The van der Waals surface area contributed by atoms with E-state index in [1.165, 1.54) is 17.3 Å². The van der Waals surface area contributed by atoms with Crippen LogP contribution in [0.2, 0.25) is 5.02 Å². The van der Waals surface area contributed by atoms with Crippen LogP contribution in [-0.4, -0.2) is 22.8 Å². The first kappa shape index (κ1) is 20.3. The maximum Gasteiger partial charge on any atom is 0.237 e. The molecular weight excluding hydrogens is 368 g/mol. The summed E-state index contributed by atoms with van der Waals surface area (Å²) in [5, 5.41) is 5.93. The smallest absolute Gasteiger partial charge is 0.237 e. The van der Waals surface area contributed by atoms with Crippen LogP contribution in [0.4, 0.5) is 11.4 Å². The van der Waals surface area contributed by atoms with E-state index in [2.05, 4.69) is 10.6 Å². The summed E-state index contributed by atoms with van der Waals surface area (Å²) >= 11 is 7.26. The fourth-order valence-corrected chi connectivity index (χ4v) is 3.11. The molecule has 0 aromatic heterocycles. The van der Waals surface area contributed by atoms with Gasteiger partial charge in [-0.25, -0.2) is 0 Å². The third-order valence-electron chi connectivity index (χ3n) is 4.08. The zero-order valence-electron chi connectivity index (χ0n) is 15.4. The Morgan fingerprint density at radius 1 is 1.00 bits per heavy atom. The van der Waals surface area contributed by atoms with Crippen molar-refractivity contribution in [2.24, 2.45) is 0 Å². The van der Waals surface area contributed by atoms with Crippen molar-refractivity contribution in [2.75, 3.05) is 16.4 Å². The molecule has 2 amide bonds. The van der Waals surface area contributed by atoms with Crippen LogP contribution < -0.4 is 10.6 Å². The minimum atomic E-state index is -0.362. The molecule has 2 N–H and O–H groups in total. The topological polar surface area (TPSA) is 58.2 Å². The number of carbonyl (C=O) groups is 2. The van der Waals surface area contributed by atoms with Crippen molar-refractivity contribution < 1.29 is 9.59 Å². The number of benzene rings is 2. The van der Waals surface area contributed by atoms with E-state index in [4.69, 9.17) is 11.6 Å². The number of amides is 2. The zero-order chi connectivity index (χ0) is 19.3. The second-order valence-corrected chi connectivity index (χ2v) is 8.01. The SMILES string of the molecule is Cc1ccc(NC(=O)CSC(C)C(=O)Nc2cc(Cl)ccc2C)cc1C. The molecule has 0 aliphatic heterocycles. The Bertz CT molecular complexity index is 823.